The SMILES string of the molecule is c1cc(-c2nc3c(c(N4CCOCC4)n2)Cc2ncc(N4CCOCC4)cc2-3)c2cc[nH]c2c1. The summed E-state index contributed by atoms with van der Waals surface area (Å²) in [5.74, 6) is 1.77. The van der Waals surface area contributed by atoms with E-state index < -0.39 is 0 Å². The average Bonchev–Trinajstić information content (AvgIpc) is 3.53. The summed E-state index contributed by atoms with van der Waals surface area (Å²) in [7, 11) is 0. The number of benzene rings is 1. The monoisotopic (exact) mass is 454 g/mol. The highest BCUT2D eigenvalue weighted by Crippen LogP contribution is 2.42. The quantitative estimate of drug-likeness (QED) is 0.448. The lowest BCUT2D eigenvalue weighted by Gasteiger charge is -2.29. The highest BCUT2D eigenvalue weighted by Gasteiger charge is 2.30. The van der Waals surface area contributed by atoms with Crippen LogP contribution >= 0.6 is 0 Å². The van der Waals surface area contributed by atoms with Gasteiger partial charge in [0, 0.05) is 66.4 Å². The third kappa shape index (κ3) is 3.25. The molecule has 8 heteroatoms. The van der Waals surface area contributed by atoms with Gasteiger partial charge in [0.1, 0.15) is 5.82 Å². The van der Waals surface area contributed by atoms with Crippen LogP contribution in [0.5, 0.6) is 0 Å². The van der Waals surface area contributed by atoms with Crippen LogP contribution in [0.25, 0.3) is 33.5 Å². The topological polar surface area (TPSA) is 79.4 Å². The summed E-state index contributed by atoms with van der Waals surface area (Å²) >= 11 is 0. The molecule has 0 saturated carbocycles. The van der Waals surface area contributed by atoms with Gasteiger partial charge in [0.15, 0.2) is 5.82 Å². The Labute approximate surface area is 197 Å². The van der Waals surface area contributed by atoms with Crippen LogP contribution in [0.2, 0.25) is 0 Å². The molecule has 0 spiro atoms. The normalized spacial score (nSPS) is 17.8. The molecule has 5 heterocycles. The molecule has 4 aromatic rings. The zero-order valence-electron chi connectivity index (χ0n) is 19.0. The van der Waals surface area contributed by atoms with Gasteiger partial charge in [0.2, 0.25) is 0 Å². The maximum Gasteiger partial charge on any atom is 0.162 e. The molecule has 8 nitrogen and oxygen atoms in total. The number of fused-ring (bicyclic) bond motifs is 4. The molecule has 1 N–H and O–H groups in total. The third-order valence-electron chi connectivity index (χ3n) is 7.06. The van der Waals surface area contributed by atoms with E-state index in [1.54, 1.807) is 0 Å². The summed E-state index contributed by atoms with van der Waals surface area (Å²) < 4.78 is 11.2. The van der Waals surface area contributed by atoms with E-state index in [0.29, 0.717) is 13.2 Å². The number of nitrogens with one attached hydrogen (secondary N) is 1. The summed E-state index contributed by atoms with van der Waals surface area (Å²) in [6.45, 7) is 6.37. The van der Waals surface area contributed by atoms with Crippen molar-refractivity contribution in [3.63, 3.8) is 0 Å². The number of morpholine rings is 2. The van der Waals surface area contributed by atoms with Crippen molar-refractivity contribution in [1.82, 2.24) is 19.9 Å². The number of pyridine rings is 1. The predicted molar refractivity (Wildman–Crippen MR) is 131 cm³/mol. The lowest BCUT2D eigenvalue weighted by atomic mass is 10.1. The highest BCUT2D eigenvalue weighted by molar-refractivity contribution is 5.94. The summed E-state index contributed by atoms with van der Waals surface area (Å²) in [5, 5.41) is 1.13. The smallest absolute Gasteiger partial charge is 0.162 e. The fraction of sp³-hybridized carbons (Fsp3) is 0.346. The summed E-state index contributed by atoms with van der Waals surface area (Å²) in [4.78, 5) is 23.2. The van der Waals surface area contributed by atoms with Crippen molar-refractivity contribution in [3.05, 3.63) is 54.0 Å². The van der Waals surface area contributed by atoms with Gasteiger partial charge >= 0.3 is 0 Å². The molecular weight excluding hydrogens is 428 g/mol. The van der Waals surface area contributed by atoms with E-state index in [4.69, 9.17) is 24.4 Å². The van der Waals surface area contributed by atoms with Crippen molar-refractivity contribution in [3.8, 4) is 22.6 Å². The van der Waals surface area contributed by atoms with Crippen molar-refractivity contribution in [2.24, 2.45) is 0 Å². The van der Waals surface area contributed by atoms with Gasteiger partial charge in [0.25, 0.3) is 0 Å². The first kappa shape index (κ1) is 19.9. The minimum absolute atomic E-state index is 0.716. The van der Waals surface area contributed by atoms with Crippen molar-refractivity contribution >= 4 is 22.4 Å². The van der Waals surface area contributed by atoms with E-state index in [9.17, 15) is 0 Å². The molecule has 2 aliphatic heterocycles. The van der Waals surface area contributed by atoms with E-state index in [0.717, 1.165) is 96.6 Å². The van der Waals surface area contributed by atoms with Crippen LogP contribution in [0.1, 0.15) is 11.3 Å². The maximum absolute atomic E-state index is 5.63. The van der Waals surface area contributed by atoms with Crippen LogP contribution in [0.3, 0.4) is 0 Å². The zero-order chi connectivity index (χ0) is 22.5. The van der Waals surface area contributed by atoms with Crippen molar-refractivity contribution < 1.29 is 9.47 Å². The maximum atomic E-state index is 5.63. The summed E-state index contributed by atoms with van der Waals surface area (Å²) in [5.41, 5.74) is 7.65. The van der Waals surface area contributed by atoms with E-state index in [1.807, 2.05) is 12.4 Å². The average molecular weight is 455 g/mol. The van der Waals surface area contributed by atoms with Crippen molar-refractivity contribution in [2.75, 3.05) is 62.4 Å². The number of rotatable bonds is 3. The van der Waals surface area contributed by atoms with E-state index in [2.05, 4.69) is 45.1 Å². The molecule has 34 heavy (non-hydrogen) atoms. The van der Waals surface area contributed by atoms with Crippen LogP contribution in [0, 0.1) is 0 Å². The number of anilines is 2. The number of hydrogen-bond acceptors (Lipinski definition) is 7. The highest BCUT2D eigenvalue weighted by atomic mass is 16.5. The van der Waals surface area contributed by atoms with Gasteiger partial charge in [-0.05, 0) is 18.2 Å². The van der Waals surface area contributed by atoms with Gasteiger partial charge in [-0.3, -0.25) is 4.98 Å². The number of nitrogens with zero attached hydrogens (tertiary/aromatic N) is 5. The lowest BCUT2D eigenvalue weighted by molar-refractivity contribution is 0.122. The van der Waals surface area contributed by atoms with E-state index >= 15 is 0 Å². The molecule has 3 aromatic heterocycles. The molecule has 2 fully saturated rings. The molecule has 2 saturated heterocycles. The van der Waals surface area contributed by atoms with Gasteiger partial charge in [0.05, 0.1) is 49.7 Å². The second kappa shape index (κ2) is 8.07. The number of H-pyrrole nitrogens is 1. The van der Waals surface area contributed by atoms with Gasteiger partial charge in [-0.25, -0.2) is 9.97 Å². The summed E-state index contributed by atoms with van der Waals surface area (Å²) in [6, 6.07) is 10.6. The first-order chi connectivity index (χ1) is 16.8. The Kier molecular flexibility index (Phi) is 4.73. The molecule has 0 atom stereocenters. The summed E-state index contributed by atoms with van der Waals surface area (Å²) in [6.07, 6.45) is 4.73. The first-order valence-electron chi connectivity index (χ1n) is 12.0. The molecule has 7 rings (SSSR count). The van der Waals surface area contributed by atoms with Gasteiger partial charge in [-0.1, -0.05) is 12.1 Å². The van der Waals surface area contributed by atoms with Crippen LogP contribution in [-0.2, 0) is 15.9 Å². The Bertz CT molecular complexity index is 1370. The molecule has 3 aliphatic rings. The third-order valence-corrected chi connectivity index (χ3v) is 7.06. The van der Waals surface area contributed by atoms with Crippen LogP contribution in [0.15, 0.2) is 42.7 Å². The Morgan fingerprint density at radius 1 is 0.853 bits per heavy atom. The number of hydrogen-bond donors (Lipinski definition) is 1. The second-order valence-electron chi connectivity index (χ2n) is 9.01. The molecule has 0 radical (unpaired) electrons. The van der Waals surface area contributed by atoms with Crippen LogP contribution < -0.4 is 9.80 Å². The van der Waals surface area contributed by atoms with Gasteiger partial charge in [-0.15, -0.1) is 0 Å². The molecule has 1 aliphatic carbocycles. The van der Waals surface area contributed by atoms with Gasteiger partial charge < -0.3 is 24.3 Å². The molecule has 172 valence electrons. The van der Waals surface area contributed by atoms with E-state index in [-0.39, 0.29) is 0 Å². The fourth-order valence-electron chi connectivity index (χ4n) is 5.29. The Balaban J connectivity index is 1.40. The lowest BCUT2D eigenvalue weighted by Crippen LogP contribution is -2.37. The van der Waals surface area contributed by atoms with Crippen molar-refractivity contribution in [2.45, 2.75) is 6.42 Å². The molecular formula is C26H26N6O2. The van der Waals surface area contributed by atoms with Crippen LogP contribution in [-0.4, -0.2) is 72.5 Å². The van der Waals surface area contributed by atoms with E-state index in [1.165, 1.54) is 5.56 Å². The molecule has 0 unspecified atom stereocenters. The number of aromatic nitrogens is 4. The fourth-order valence-corrected chi connectivity index (χ4v) is 5.29. The minimum atomic E-state index is 0.716. The molecule has 0 amide bonds. The molecule has 1 aromatic carbocycles. The van der Waals surface area contributed by atoms with Crippen molar-refractivity contribution in [1.29, 1.82) is 0 Å². The van der Waals surface area contributed by atoms with Gasteiger partial charge in [-0.2, -0.15) is 0 Å². The Morgan fingerprint density at radius 3 is 2.47 bits per heavy atom. The Morgan fingerprint density at radius 2 is 1.65 bits per heavy atom. The minimum Gasteiger partial charge on any atom is -0.378 e. The number of aromatic amines is 1. The second-order valence-corrected chi connectivity index (χ2v) is 9.01. The molecule has 0 bridgehead atoms. The zero-order valence-corrected chi connectivity index (χ0v) is 19.0. The first-order valence-corrected chi connectivity index (χ1v) is 12.0. The standard InChI is InChI=1S/C26H26N6O2/c1-2-19(18-4-5-27-22(18)3-1)25-29-24-20-14-17(31-6-10-33-11-7-31)16-28-23(20)15-21(24)26(30-25)32-8-12-34-13-9-32/h1-5,14,16,27H,6-13,15H2. The predicted octanol–water partition coefficient (Wildman–Crippen LogP) is 3.26. The largest absolute Gasteiger partial charge is 0.378 e. The Hall–Kier alpha value is -3.49. The van der Waals surface area contributed by atoms with Crippen LogP contribution in [0.4, 0.5) is 11.5 Å². The number of ether oxygens (including phenoxy) is 2.